The van der Waals surface area contributed by atoms with Crippen molar-refractivity contribution < 1.29 is 9.50 Å². The summed E-state index contributed by atoms with van der Waals surface area (Å²) in [4.78, 5) is 21.1. The van der Waals surface area contributed by atoms with Crippen molar-refractivity contribution in [1.82, 2.24) is 15.0 Å². The molecule has 36 heavy (non-hydrogen) atoms. The summed E-state index contributed by atoms with van der Waals surface area (Å²) in [5.74, 6) is 2.06. The van der Waals surface area contributed by atoms with Gasteiger partial charge in [0.05, 0.1) is 16.3 Å². The highest BCUT2D eigenvalue weighted by molar-refractivity contribution is 6.33. The van der Waals surface area contributed by atoms with Crippen molar-refractivity contribution in [3.05, 3.63) is 59.0 Å². The minimum atomic E-state index is -0.992. The van der Waals surface area contributed by atoms with E-state index >= 15 is 0 Å². The fourth-order valence-corrected chi connectivity index (χ4v) is 5.14. The molecule has 0 amide bonds. The van der Waals surface area contributed by atoms with Crippen LogP contribution in [0.3, 0.4) is 0 Å². The largest absolute Gasteiger partial charge is 0.386 e. The second-order valence-corrected chi connectivity index (χ2v) is 10.6. The maximum atomic E-state index is 13.6. The molecule has 1 atom stereocenters. The molecule has 1 N–H and O–H groups in total. The molecule has 0 radical (unpaired) electrons. The van der Waals surface area contributed by atoms with Gasteiger partial charge in [0, 0.05) is 62.2 Å². The second-order valence-electron chi connectivity index (χ2n) is 10.2. The lowest BCUT2D eigenvalue weighted by Crippen LogP contribution is -2.47. The van der Waals surface area contributed by atoms with Gasteiger partial charge in [-0.2, -0.15) is 4.98 Å². The lowest BCUT2D eigenvalue weighted by molar-refractivity contribution is 0.0782. The van der Waals surface area contributed by atoms with Crippen LogP contribution < -0.4 is 14.7 Å². The van der Waals surface area contributed by atoms with Crippen molar-refractivity contribution in [2.45, 2.75) is 45.3 Å². The number of aliphatic hydroxyl groups is 1. The summed E-state index contributed by atoms with van der Waals surface area (Å²) in [7, 11) is 0. The van der Waals surface area contributed by atoms with Crippen LogP contribution in [-0.4, -0.2) is 58.8 Å². The molecule has 0 bridgehead atoms. The Hall–Kier alpha value is -2.97. The number of piperazine rings is 1. The van der Waals surface area contributed by atoms with E-state index in [0.29, 0.717) is 16.6 Å². The summed E-state index contributed by atoms with van der Waals surface area (Å²) in [5.41, 5.74) is 1.36. The molecule has 1 unspecified atom stereocenters. The number of halogens is 2. The van der Waals surface area contributed by atoms with Crippen LogP contribution >= 0.6 is 11.6 Å². The molecule has 4 heterocycles. The van der Waals surface area contributed by atoms with Gasteiger partial charge in [-0.05, 0) is 63.9 Å². The molecule has 9 heteroatoms. The molecule has 5 rings (SSSR count). The minimum Gasteiger partial charge on any atom is -0.386 e. The van der Waals surface area contributed by atoms with Crippen LogP contribution in [0.5, 0.6) is 0 Å². The number of hydrogen-bond donors (Lipinski definition) is 1. The van der Waals surface area contributed by atoms with E-state index < -0.39 is 5.60 Å². The molecular weight excluding hydrogens is 479 g/mol. The number of pyridine rings is 1. The highest BCUT2D eigenvalue weighted by Crippen LogP contribution is 2.32. The van der Waals surface area contributed by atoms with Gasteiger partial charge < -0.3 is 19.8 Å². The van der Waals surface area contributed by atoms with Crippen LogP contribution in [0, 0.1) is 5.82 Å². The van der Waals surface area contributed by atoms with E-state index in [9.17, 15) is 9.50 Å². The third kappa shape index (κ3) is 5.11. The average Bonchev–Trinajstić information content (AvgIpc) is 3.29. The Morgan fingerprint density at radius 1 is 1.00 bits per heavy atom. The fraction of sp³-hybridized carbons (Fsp3) is 0.444. The number of hydrogen-bond acceptors (Lipinski definition) is 7. The molecule has 2 fully saturated rings. The van der Waals surface area contributed by atoms with Gasteiger partial charge in [-0.15, -0.1) is 0 Å². The SMILES string of the molecule is CC1CCCN1c1nc(-c2ccc(F)cc2)cc(N2CCN(c3ncc(C(C)(C)O)cc3Cl)CC2)n1. The quantitative estimate of drug-likeness (QED) is 0.525. The van der Waals surface area contributed by atoms with Gasteiger partial charge >= 0.3 is 0 Å². The molecule has 0 saturated carbocycles. The van der Waals surface area contributed by atoms with Gasteiger partial charge in [0.25, 0.3) is 0 Å². The zero-order valence-corrected chi connectivity index (χ0v) is 21.7. The zero-order chi connectivity index (χ0) is 25.4. The molecule has 2 aliphatic rings. The smallest absolute Gasteiger partial charge is 0.228 e. The maximum Gasteiger partial charge on any atom is 0.228 e. The van der Waals surface area contributed by atoms with E-state index in [1.165, 1.54) is 12.1 Å². The third-order valence-corrected chi connectivity index (χ3v) is 7.36. The summed E-state index contributed by atoms with van der Waals surface area (Å²) in [6.45, 7) is 9.56. The molecule has 190 valence electrons. The standard InChI is InChI=1S/C27H32ClFN6O/c1-18-5-4-10-35(18)26-31-23(19-6-8-21(29)9-7-19)16-24(32-26)33-11-13-34(14-12-33)25-22(28)15-20(17-30-25)27(2,3)36/h6-9,15-18,36H,4-5,10-14H2,1-3H3. The number of rotatable bonds is 5. The van der Waals surface area contributed by atoms with E-state index in [1.54, 1.807) is 38.2 Å². The first kappa shape index (κ1) is 24.7. The maximum absolute atomic E-state index is 13.6. The Morgan fingerprint density at radius 2 is 1.69 bits per heavy atom. The predicted molar refractivity (Wildman–Crippen MR) is 142 cm³/mol. The number of benzene rings is 1. The van der Waals surface area contributed by atoms with Gasteiger partial charge in [-0.25, -0.2) is 14.4 Å². The van der Waals surface area contributed by atoms with Crippen LogP contribution in [0.25, 0.3) is 11.3 Å². The topological polar surface area (TPSA) is 68.6 Å². The number of anilines is 3. The second kappa shape index (κ2) is 9.82. The Bertz CT molecular complexity index is 1220. The van der Waals surface area contributed by atoms with Gasteiger partial charge in [0.1, 0.15) is 17.5 Å². The van der Waals surface area contributed by atoms with Crippen LogP contribution in [0.1, 0.15) is 39.2 Å². The first-order chi connectivity index (χ1) is 17.2. The number of aromatic nitrogens is 3. The fourth-order valence-electron chi connectivity index (χ4n) is 4.86. The minimum absolute atomic E-state index is 0.264. The Labute approximate surface area is 216 Å². The van der Waals surface area contributed by atoms with E-state index in [0.717, 1.165) is 74.4 Å². The molecule has 2 saturated heterocycles. The zero-order valence-electron chi connectivity index (χ0n) is 21.0. The molecule has 2 aromatic heterocycles. The van der Waals surface area contributed by atoms with E-state index in [-0.39, 0.29) is 5.82 Å². The molecule has 1 aromatic carbocycles. The molecular formula is C27H32ClFN6O. The molecule has 2 aliphatic heterocycles. The Balaban J connectivity index is 1.39. The van der Waals surface area contributed by atoms with Crippen molar-refractivity contribution in [2.75, 3.05) is 47.4 Å². The van der Waals surface area contributed by atoms with Crippen molar-refractivity contribution >= 4 is 29.2 Å². The Morgan fingerprint density at radius 3 is 2.31 bits per heavy atom. The summed E-state index contributed by atoms with van der Waals surface area (Å²) >= 11 is 6.55. The van der Waals surface area contributed by atoms with Crippen LogP contribution in [-0.2, 0) is 5.60 Å². The average molecular weight is 511 g/mol. The normalized spacial score (nSPS) is 18.7. The van der Waals surface area contributed by atoms with Crippen molar-refractivity contribution in [2.24, 2.45) is 0 Å². The molecule has 3 aromatic rings. The summed E-state index contributed by atoms with van der Waals surface area (Å²) in [6, 6.07) is 10.6. The highest BCUT2D eigenvalue weighted by Gasteiger charge is 2.27. The molecule has 0 spiro atoms. The van der Waals surface area contributed by atoms with Crippen molar-refractivity contribution in [3.8, 4) is 11.3 Å². The lowest BCUT2D eigenvalue weighted by atomic mass is 10.0. The van der Waals surface area contributed by atoms with E-state index in [1.807, 2.05) is 6.07 Å². The molecule has 0 aliphatic carbocycles. The summed E-state index contributed by atoms with van der Waals surface area (Å²) in [5, 5.41) is 10.8. The first-order valence-corrected chi connectivity index (χ1v) is 12.9. The monoisotopic (exact) mass is 510 g/mol. The van der Waals surface area contributed by atoms with Gasteiger partial charge in [0.15, 0.2) is 0 Å². The van der Waals surface area contributed by atoms with Gasteiger partial charge in [0.2, 0.25) is 5.95 Å². The predicted octanol–water partition coefficient (Wildman–Crippen LogP) is 4.87. The van der Waals surface area contributed by atoms with Crippen molar-refractivity contribution in [1.29, 1.82) is 0 Å². The third-order valence-electron chi connectivity index (χ3n) is 7.08. The Kier molecular flexibility index (Phi) is 6.74. The summed E-state index contributed by atoms with van der Waals surface area (Å²) < 4.78 is 13.6. The lowest BCUT2D eigenvalue weighted by Gasteiger charge is -2.37. The summed E-state index contributed by atoms with van der Waals surface area (Å²) in [6.07, 6.45) is 3.94. The van der Waals surface area contributed by atoms with Crippen molar-refractivity contribution in [3.63, 3.8) is 0 Å². The van der Waals surface area contributed by atoms with Crippen LogP contribution in [0.4, 0.5) is 22.0 Å². The highest BCUT2D eigenvalue weighted by atomic mass is 35.5. The van der Waals surface area contributed by atoms with Crippen LogP contribution in [0.2, 0.25) is 5.02 Å². The van der Waals surface area contributed by atoms with Gasteiger partial charge in [-0.1, -0.05) is 11.6 Å². The van der Waals surface area contributed by atoms with Crippen LogP contribution in [0.15, 0.2) is 42.6 Å². The first-order valence-electron chi connectivity index (χ1n) is 12.5. The number of nitrogens with zero attached hydrogens (tertiary/aromatic N) is 6. The molecule has 7 nitrogen and oxygen atoms in total. The van der Waals surface area contributed by atoms with E-state index in [2.05, 4.69) is 26.6 Å². The van der Waals surface area contributed by atoms with Gasteiger partial charge in [-0.3, -0.25) is 0 Å². The van der Waals surface area contributed by atoms with E-state index in [4.69, 9.17) is 21.6 Å².